The molecule has 32 heavy (non-hydrogen) atoms. The summed E-state index contributed by atoms with van der Waals surface area (Å²) < 4.78 is 0.493. The van der Waals surface area contributed by atoms with Crippen LogP contribution in [0.2, 0.25) is 0 Å². The van der Waals surface area contributed by atoms with Gasteiger partial charge >= 0.3 is 0 Å². The van der Waals surface area contributed by atoms with Gasteiger partial charge in [0.05, 0.1) is 4.91 Å². The van der Waals surface area contributed by atoms with Crippen molar-refractivity contribution in [3.8, 4) is 0 Å². The van der Waals surface area contributed by atoms with E-state index in [0.29, 0.717) is 15.8 Å². The molecule has 0 saturated carbocycles. The van der Waals surface area contributed by atoms with Crippen LogP contribution in [0.5, 0.6) is 0 Å². The molecular formula is C26H28N2O2S2. The third-order valence-corrected chi connectivity index (χ3v) is 6.45. The maximum absolute atomic E-state index is 13.1. The molecule has 0 aliphatic carbocycles. The third kappa shape index (κ3) is 6.40. The van der Waals surface area contributed by atoms with Crippen LogP contribution in [-0.2, 0) is 16.1 Å². The Labute approximate surface area is 200 Å². The molecule has 0 N–H and O–H groups in total. The normalized spacial score (nSPS) is 15.7. The maximum atomic E-state index is 13.1. The number of thiocarbonyl (C=S) groups is 1. The number of thioether (sulfide) groups is 1. The van der Waals surface area contributed by atoms with Gasteiger partial charge in [0.1, 0.15) is 4.32 Å². The summed E-state index contributed by atoms with van der Waals surface area (Å²) in [5.74, 6) is -0.140. The molecule has 1 heterocycles. The predicted molar refractivity (Wildman–Crippen MR) is 137 cm³/mol. The van der Waals surface area contributed by atoms with Crippen LogP contribution in [0, 0.1) is 0 Å². The Kier molecular flexibility index (Phi) is 8.04. The fourth-order valence-corrected chi connectivity index (χ4v) is 4.59. The van der Waals surface area contributed by atoms with E-state index >= 15 is 0 Å². The highest BCUT2D eigenvalue weighted by molar-refractivity contribution is 8.26. The van der Waals surface area contributed by atoms with Gasteiger partial charge in [-0.15, -0.1) is 0 Å². The van der Waals surface area contributed by atoms with Crippen LogP contribution in [0.4, 0.5) is 0 Å². The Hall–Kier alpha value is -2.70. The van der Waals surface area contributed by atoms with Gasteiger partial charge in [-0.1, -0.05) is 96.8 Å². The quantitative estimate of drug-likeness (QED) is 0.392. The van der Waals surface area contributed by atoms with Gasteiger partial charge in [-0.25, -0.2) is 0 Å². The highest BCUT2D eigenvalue weighted by Gasteiger charge is 2.33. The van der Waals surface area contributed by atoms with Gasteiger partial charge in [0.15, 0.2) is 0 Å². The Morgan fingerprint density at radius 1 is 1.06 bits per heavy atom. The number of allylic oxidation sites excluding steroid dienone is 2. The van der Waals surface area contributed by atoms with Gasteiger partial charge in [-0.2, -0.15) is 0 Å². The van der Waals surface area contributed by atoms with Crippen LogP contribution in [-0.4, -0.2) is 38.0 Å². The van der Waals surface area contributed by atoms with E-state index in [9.17, 15) is 9.59 Å². The number of benzene rings is 2. The molecule has 2 aromatic carbocycles. The van der Waals surface area contributed by atoms with Crippen LogP contribution in [0.25, 0.3) is 6.08 Å². The Morgan fingerprint density at radius 3 is 2.31 bits per heavy atom. The number of rotatable bonds is 7. The van der Waals surface area contributed by atoms with Crippen molar-refractivity contribution in [3.05, 3.63) is 88.8 Å². The molecule has 1 fully saturated rings. The van der Waals surface area contributed by atoms with Crippen LogP contribution >= 0.6 is 24.0 Å². The molecule has 6 heteroatoms. The minimum absolute atomic E-state index is 0.00311. The molecule has 1 saturated heterocycles. The van der Waals surface area contributed by atoms with E-state index in [1.54, 1.807) is 6.08 Å². The van der Waals surface area contributed by atoms with Crippen molar-refractivity contribution in [3.63, 3.8) is 0 Å². The van der Waals surface area contributed by atoms with Crippen molar-refractivity contribution < 1.29 is 9.59 Å². The molecule has 0 bridgehead atoms. The summed E-state index contributed by atoms with van der Waals surface area (Å²) in [6, 6.07) is 19.8. The minimum atomic E-state index is -0.329. The summed E-state index contributed by atoms with van der Waals surface area (Å²) in [7, 11) is 0. The van der Waals surface area contributed by atoms with E-state index in [2.05, 4.69) is 0 Å². The highest BCUT2D eigenvalue weighted by atomic mass is 32.2. The first-order chi connectivity index (χ1) is 15.3. The number of hydrogen-bond acceptors (Lipinski definition) is 4. The van der Waals surface area contributed by atoms with Crippen LogP contribution in [0.3, 0.4) is 0 Å². The van der Waals surface area contributed by atoms with E-state index < -0.39 is 0 Å². The smallest absolute Gasteiger partial charge is 0.266 e. The SMILES string of the molecule is CC(C)(C)N(Cc1ccccc1)C(=O)CCN1C(=O)/C(=C/C=C/c2ccccc2)SC1=S. The second-order valence-corrected chi connectivity index (χ2v) is 10.2. The standard InChI is InChI=1S/C26H28N2O2S2/c1-26(2,3)28(19-21-13-8-5-9-14-21)23(29)17-18-27-24(30)22(32-25(27)31)16-10-15-20-11-6-4-7-12-20/h4-16H,17-19H2,1-3H3/b15-10+,22-16-. The first-order valence-electron chi connectivity index (χ1n) is 10.6. The predicted octanol–water partition coefficient (Wildman–Crippen LogP) is 5.66. The molecule has 3 rings (SSSR count). The number of hydrogen-bond donors (Lipinski definition) is 0. The first kappa shape index (κ1) is 24.0. The summed E-state index contributed by atoms with van der Waals surface area (Å²) >= 11 is 6.69. The second kappa shape index (κ2) is 10.7. The molecule has 0 spiro atoms. The van der Waals surface area contributed by atoms with Crippen molar-refractivity contribution in [2.75, 3.05) is 6.54 Å². The maximum Gasteiger partial charge on any atom is 0.266 e. The average molecular weight is 465 g/mol. The molecule has 0 unspecified atom stereocenters. The van der Waals surface area contributed by atoms with E-state index in [-0.39, 0.29) is 30.3 Å². The summed E-state index contributed by atoms with van der Waals surface area (Å²) in [6.45, 7) is 6.89. The summed E-state index contributed by atoms with van der Waals surface area (Å²) in [6.07, 6.45) is 5.81. The van der Waals surface area contributed by atoms with Crippen molar-refractivity contribution in [2.24, 2.45) is 0 Å². The molecule has 4 nitrogen and oxygen atoms in total. The van der Waals surface area contributed by atoms with Gasteiger partial charge in [-0.3, -0.25) is 14.5 Å². The lowest BCUT2D eigenvalue weighted by atomic mass is 10.0. The number of nitrogens with zero attached hydrogens (tertiary/aromatic N) is 2. The molecule has 1 aliphatic rings. The van der Waals surface area contributed by atoms with Crippen molar-refractivity contribution in [2.45, 2.75) is 39.3 Å². The molecular weight excluding hydrogens is 436 g/mol. The topological polar surface area (TPSA) is 40.6 Å². The van der Waals surface area contributed by atoms with E-state index in [0.717, 1.165) is 11.1 Å². The molecule has 2 aromatic rings. The lowest BCUT2D eigenvalue weighted by Crippen LogP contribution is -2.46. The Balaban J connectivity index is 1.62. The lowest BCUT2D eigenvalue weighted by molar-refractivity contribution is -0.137. The molecule has 2 amide bonds. The first-order valence-corrected chi connectivity index (χ1v) is 11.8. The zero-order valence-corrected chi connectivity index (χ0v) is 20.3. The van der Waals surface area contributed by atoms with Crippen molar-refractivity contribution >= 4 is 46.2 Å². The monoisotopic (exact) mass is 464 g/mol. The molecule has 0 atom stereocenters. The summed E-state index contributed by atoms with van der Waals surface area (Å²) in [5, 5.41) is 0. The van der Waals surface area contributed by atoms with E-state index in [1.807, 2.05) is 98.5 Å². The van der Waals surface area contributed by atoms with Crippen LogP contribution in [0.15, 0.2) is 77.7 Å². The minimum Gasteiger partial charge on any atom is -0.333 e. The highest BCUT2D eigenvalue weighted by Crippen LogP contribution is 2.31. The van der Waals surface area contributed by atoms with Gasteiger partial charge in [-0.05, 0) is 38.0 Å². The largest absolute Gasteiger partial charge is 0.333 e. The van der Waals surface area contributed by atoms with Crippen molar-refractivity contribution in [1.29, 1.82) is 0 Å². The van der Waals surface area contributed by atoms with E-state index in [4.69, 9.17) is 12.2 Å². The molecule has 0 aromatic heterocycles. The molecule has 166 valence electrons. The number of carbonyl (C=O) groups excluding carboxylic acids is 2. The van der Waals surface area contributed by atoms with Gasteiger partial charge in [0.2, 0.25) is 5.91 Å². The fraction of sp³-hybridized carbons (Fsp3) is 0.269. The fourth-order valence-electron chi connectivity index (χ4n) is 3.33. The van der Waals surface area contributed by atoms with Gasteiger partial charge < -0.3 is 4.90 Å². The van der Waals surface area contributed by atoms with Crippen LogP contribution < -0.4 is 0 Å². The van der Waals surface area contributed by atoms with E-state index in [1.165, 1.54) is 16.7 Å². The van der Waals surface area contributed by atoms with Gasteiger partial charge in [0, 0.05) is 25.0 Å². The average Bonchev–Trinajstić information content (AvgIpc) is 3.03. The lowest BCUT2D eigenvalue weighted by Gasteiger charge is -2.36. The second-order valence-electron chi connectivity index (χ2n) is 8.51. The zero-order chi connectivity index (χ0) is 23.1. The third-order valence-electron chi connectivity index (χ3n) is 5.05. The summed E-state index contributed by atoms with van der Waals surface area (Å²) in [4.78, 5) is 29.9. The zero-order valence-electron chi connectivity index (χ0n) is 18.7. The number of carbonyl (C=O) groups is 2. The molecule has 1 aliphatic heterocycles. The summed E-state index contributed by atoms with van der Waals surface area (Å²) in [5.41, 5.74) is 1.81. The molecule has 0 radical (unpaired) electrons. The Bertz CT molecular complexity index is 1020. The van der Waals surface area contributed by atoms with Crippen molar-refractivity contribution in [1.82, 2.24) is 9.80 Å². The van der Waals surface area contributed by atoms with Crippen LogP contribution in [0.1, 0.15) is 38.3 Å². The number of amides is 2. The van der Waals surface area contributed by atoms with Gasteiger partial charge in [0.25, 0.3) is 5.91 Å². The Morgan fingerprint density at radius 2 is 1.69 bits per heavy atom.